The summed E-state index contributed by atoms with van der Waals surface area (Å²) in [6.07, 6.45) is 0. The van der Waals surface area contributed by atoms with Crippen molar-refractivity contribution in [2.75, 3.05) is 0 Å². The van der Waals surface area contributed by atoms with Crippen LogP contribution in [-0.4, -0.2) is 15.0 Å². The third kappa shape index (κ3) is 4.42. The number of aromatic nitrogens is 3. The first kappa shape index (κ1) is 26.0. The van der Waals surface area contributed by atoms with E-state index >= 15 is 0 Å². The van der Waals surface area contributed by atoms with Gasteiger partial charge in [0, 0.05) is 16.7 Å². The molecule has 0 spiro atoms. The van der Waals surface area contributed by atoms with Gasteiger partial charge in [0.1, 0.15) is 0 Å². The molecule has 8 rings (SSSR count). The molecule has 208 valence electrons. The second-order valence-electron chi connectivity index (χ2n) is 11.4. The van der Waals surface area contributed by atoms with Gasteiger partial charge in [-0.15, -0.1) is 0 Å². The molecule has 0 aliphatic rings. The van der Waals surface area contributed by atoms with Gasteiger partial charge in [0.15, 0.2) is 17.5 Å². The minimum Gasteiger partial charge on any atom is -0.208 e. The Kier molecular flexibility index (Phi) is 6.23. The molecule has 3 heteroatoms. The molecule has 7 aromatic carbocycles. The summed E-state index contributed by atoms with van der Waals surface area (Å²) in [5.74, 6) is 2.00. The zero-order chi connectivity index (χ0) is 29.6. The molecule has 0 radical (unpaired) electrons. The first-order valence-corrected chi connectivity index (χ1v) is 15.0. The number of aryl methyl sites for hydroxylation is 2. The van der Waals surface area contributed by atoms with Crippen molar-refractivity contribution in [2.24, 2.45) is 0 Å². The van der Waals surface area contributed by atoms with Crippen molar-refractivity contribution >= 4 is 32.3 Å². The van der Waals surface area contributed by atoms with Crippen LogP contribution in [0, 0.1) is 13.8 Å². The molecule has 1 aromatic heterocycles. The fourth-order valence-electron chi connectivity index (χ4n) is 6.39. The van der Waals surface area contributed by atoms with Crippen molar-refractivity contribution in [2.45, 2.75) is 13.8 Å². The second-order valence-corrected chi connectivity index (χ2v) is 11.4. The maximum absolute atomic E-state index is 4.94. The van der Waals surface area contributed by atoms with E-state index in [9.17, 15) is 0 Å². The number of hydrogen-bond donors (Lipinski definition) is 0. The Labute approximate surface area is 256 Å². The maximum atomic E-state index is 4.94. The van der Waals surface area contributed by atoms with Gasteiger partial charge in [-0.1, -0.05) is 127 Å². The summed E-state index contributed by atoms with van der Waals surface area (Å²) in [6.45, 7) is 4.40. The van der Waals surface area contributed by atoms with Crippen LogP contribution in [0.1, 0.15) is 11.1 Å². The van der Waals surface area contributed by atoms with Gasteiger partial charge in [-0.3, -0.25) is 0 Å². The Hall–Kier alpha value is -5.67. The van der Waals surface area contributed by atoms with Crippen molar-refractivity contribution < 1.29 is 0 Å². The molecule has 0 saturated heterocycles. The molecule has 0 bridgehead atoms. The lowest BCUT2D eigenvalue weighted by Crippen LogP contribution is -2.00. The van der Waals surface area contributed by atoms with Crippen LogP contribution in [0.4, 0.5) is 0 Å². The van der Waals surface area contributed by atoms with Gasteiger partial charge in [0.25, 0.3) is 0 Å². The standard InChI is InChI=1S/C41H29N3/c1-26-23-30(41-43-39(28-13-5-3-6-14-28)42-40(44-41)29-15-7-4-8-16-29)21-22-31(26)36-25-38-35-20-12-10-18-33(35)32-17-9-11-19-34(32)37(38)24-27(36)2/h3-25H,1-2H3. The number of fused-ring (bicyclic) bond motifs is 6. The normalized spacial score (nSPS) is 11.4. The van der Waals surface area contributed by atoms with Crippen LogP contribution in [0.3, 0.4) is 0 Å². The summed E-state index contributed by atoms with van der Waals surface area (Å²) in [6, 6.07) is 49.0. The Balaban J connectivity index is 1.28. The molecule has 0 atom stereocenters. The lowest BCUT2D eigenvalue weighted by Gasteiger charge is -2.16. The average Bonchev–Trinajstić information content (AvgIpc) is 3.09. The van der Waals surface area contributed by atoms with E-state index in [2.05, 4.69) is 92.7 Å². The van der Waals surface area contributed by atoms with Crippen LogP contribution in [0.25, 0.3) is 77.6 Å². The van der Waals surface area contributed by atoms with Crippen molar-refractivity contribution in [1.29, 1.82) is 0 Å². The van der Waals surface area contributed by atoms with E-state index in [1.165, 1.54) is 54.6 Å². The predicted octanol–water partition coefficient (Wildman–Crippen LogP) is 10.6. The Bertz CT molecular complexity index is 2280. The molecule has 44 heavy (non-hydrogen) atoms. The van der Waals surface area contributed by atoms with Gasteiger partial charge in [0.2, 0.25) is 0 Å². The van der Waals surface area contributed by atoms with Crippen LogP contribution < -0.4 is 0 Å². The first-order chi connectivity index (χ1) is 21.6. The molecular weight excluding hydrogens is 534 g/mol. The van der Waals surface area contributed by atoms with E-state index in [1.807, 2.05) is 60.7 Å². The zero-order valence-electron chi connectivity index (χ0n) is 24.6. The highest BCUT2D eigenvalue weighted by Crippen LogP contribution is 2.39. The van der Waals surface area contributed by atoms with E-state index in [0.29, 0.717) is 17.5 Å². The highest BCUT2D eigenvalue weighted by atomic mass is 15.0. The third-order valence-corrected chi connectivity index (χ3v) is 8.56. The van der Waals surface area contributed by atoms with Crippen molar-refractivity contribution in [1.82, 2.24) is 15.0 Å². The van der Waals surface area contributed by atoms with E-state index in [0.717, 1.165) is 16.7 Å². The summed E-state index contributed by atoms with van der Waals surface area (Å²) in [7, 11) is 0. The van der Waals surface area contributed by atoms with Crippen molar-refractivity contribution in [3.8, 4) is 45.3 Å². The zero-order valence-corrected chi connectivity index (χ0v) is 24.6. The lowest BCUT2D eigenvalue weighted by atomic mass is 9.88. The van der Waals surface area contributed by atoms with E-state index in [4.69, 9.17) is 15.0 Å². The van der Waals surface area contributed by atoms with E-state index in [1.54, 1.807) is 0 Å². The number of rotatable bonds is 4. The second kappa shape index (κ2) is 10.6. The molecule has 1 heterocycles. The molecule has 0 aliphatic heterocycles. The highest BCUT2D eigenvalue weighted by molar-refractivity contribution is 6.26. The van der Waals surface area contributed by atoms with Crippen LogP contribution >= 0.6 is 0 Å². The molecule has 3 nitrogen and oxygen atoms in total. The molecule has 0 amide bonds. The average molecular weight is 564 g/mol. The summed E-state index contributed by atoms with van der Waals surface area (Å²) in [5, 5.41) is 7.73. The summed E-state index contributed by atoms with van der Waals surface area (Å²) in [5.41, 5.74) is 7.79. The van der Waals surface area contributed by atoms with Gasteiger partial charge in [-0.05, 0) is 80.6 Å². The highest BCUT2D eigenvalue weighted by Gasteiger charge is 2.16. The minimum absolute atomic E-state index is 0.667. The minimum atomic E-state index is 0.667. The van der Waals surface area contributed by atoms with Crippen LogP contribution in [-0.2, 0) is 0 Å². The largest absolute Gasteiger partial charge is 0.208 e. The van der Waals surface area contributed by atoms with Gasteiger partial charge in [-0.2, -0.15) is 0 Å². The Morgan fingerprint density at radius 3 is 1.23 bits per heavy atom. The lowest BCUT2D eigenvalue weighted by molar-refractivity contribution is 1.07. The summed E-state index contributed by atoms with van der Waals surface area (Å²) >= 11 is 0. The molecule has 0 N–H and O–H groups in total. The third-order valence-electron chi connectivity index (χ3n) is 8.56. The van der Waals surface area contributed by atoms with Crippen molar-refractivity contribution in [3.05, 3.63) is 151 Å². The van der Waals surface area contributed by atoms with E-state index < -0.39 is 0 Å². The smallest absolute Gasteiger partial charge is 0.164 e. The molecule has 0 saturated carbocycles. The Morgan fingerprint density at radius 1 is 0.318 bits per heavy atom. The number of hydrogen-bond acceptors (Lipinski definition) is 3. The maximum Gasteiger partial charge on any atom is 0.164 e. The van der Waals surface area contributed by atoms with Crippen LogP contribution in [0.2, 0.25) is 0 Å². The van der Waals surface area contributed by atoms with Gasteiger partial charge >= 0.3 is 0 Å². The monoisotopic (exact) mass is 563 g/mol. The fraction of sp³-hybridized carbons (Fsp3) is 0.0488. The van der Waals surface area contributed by atoms with E-state index in [-0.39, 0.29) is 0 Å². The SMILES string of the molecule is Cc1cc(-c2nc(-c3ccccc3)nc(-c3ccccc3)n2)ccc1-c1cc2c3ccccc3c3ccccc3c2cc1C. The summed E-state index contributed by atoms with van der Waals surface area (Å²) in [4.78, 5) is 14.7. The van der Waals surface area contributed by atoms with Crippen LogP contribution in [0.5, 0.6) is 0 Å². The molecule has 0 unspecified atom stereocenters. The molecule has 0 fully saturated rings. The fourth-order valence-corrected chi connectivity index (χ4v) is 6.39. The van der Waals surface area contributed by atoms with Gasteiger partial charge in [-0.25, -0.2) is 15.0 Å². The summed E-state index contributed by atoms with van der Waals surface area (Å²) < 4.78 is 0. The van der Waals surface area contributed by atoms with Gasteiger partial charge in [0.05, 0.1) is 0 Å². The van der Waals surface area contributed by atoms with Crippen molar-refractivity contribution in [3.63, 3.8) is 0 Å². The number of benzene rings is 7. The molecule has 0 aliphatic carbocycles. The quantitative estimate of drug-likeness (QED) is 0.200. The topological polar surface area (TPSA) is 38.7 Å². The van der Waals surface area contributed by atoms with Gasteiger partial charge < -0.3 is 0 Å². The molecule has 8 aromatic rings. The number of nitrogens with zero attached hydrogens (tertiary/aromatic N) is 3. The first-order valence-electron chi connectivity index (χ1n) is 15.0. The predicted molar refractivity (Wildman–Crippen MR) is 184 cm³/mol. The molecular formula is C41H29N3. The Morgan fingerprint density at radius 2 is 0.727 bits per heavy atom. The van der Waals surface area contributed by atoms with Crippen LogP contribution in [0.15, 0.2) is 140 Å².